The minimum Gasteiger partial charge on any atom is -0.349 e. The molecule has 1 aliphatic rings. The number of anilines is 1. The first-order valence-electron chi connectivity index (χ1n) is 11.9. The van der Waals surface area contributed by atoms with E-state index in [0.717, 1.165) is 0 Å². The number of nitriles is 1. The van der Waals surface area contributed by atoms with E-state index in [1.54, 1.807) is 29.4 Å². The highest BCUT2D eigenvalue weighted by atomic mass is 35.5. The number of H-pyrrole nitrogens is 1. The van der Waals surface area contributed by atoms with E-state index < -0.39 is 29.0 Å². The second-order valence-electron chi connectivity index (χ2n) is 9.77. The Balaban J connectivity index is 1.56. The molecule has 0 saturated carbocycles. The molecule has 6 rings (SSSR count). The van der Waals surface area contributed by atoms with Crippen LogP contribution in [0.5, 0.6) is 0 Å². The highest BCUT2D eigenvalue weighted by Crippen LogP contribution is 2.42. The summed E-state index contributed by atoms with van der Waals surface area (Å²) in [5.41, 5.74) is -0.843. The normalized spacial score (nSPS) is 20.3. The number of nitrogens with zero attached hydrogens (tertiary/aromatic N) is 7. The summed E-state index contributed by atoms with van der Waals surface area (Å²) in [4.78, 5) is 27.1. The molecular formula is C26H21ClF2N8O. The van der Waals surface area contributed by atoms with Crippen molar-refractivity contribution in [3.05, 3.63) is 81.6 Å². The Bertz CT molecular complexity index is 1820. The van der Waals surface area contributed by atoms with Crippen LogP contribution in [-0.4, -0.2) is 47.4 Å². The molecule has 0 radical (unpaired) electrons. The molecule has 1 saturated heterocycles. The zero-order chi connectivity index (χ0) is 26.8. The number of halogens is 3. The lowest BCUT2D eigenvalue weighted by Crippen LogP contribution is -2.38. The monoisotopic (exact) mass is 534 g/mol. The predicted octanol–water partition coefficient (Wildman–Crippen LogP) is 4.53. The maximum Gasteiger partial charge on any atom is 0.284 e. The SMILES string of the molecule is CC(c1nn2ccc(Cl)c2c(=O)n1-c1cccc(F)c1)C1CC(C)(F)CN1c1ncnc2[nH]cc(C#N)c12. The van der Waals surface area contributed by atoms with Crippen molar-refractivity contribution in [3.8, 4) is 11.8 Å². The van der Waals surface area contributed by atoms with Gasteiger partial charge in [0.05, 0.1) is 28.2 Å². The van der Waals surface area contributed by atoms with Crippen LogP contribution < -0.4 is 10.5 Å². The highest BCUT2D eigenvalue weighted by molar-refractivity contribution is 6.33. The fourth-order valence-electron chi connectivity index (χ4n) is 5.39. The van der Waals surface area contributed by atoms with Gasteiger partial charge in [-0.15, -0.1) is 0 Å². The van der Waals surface area contributed by atoms with Gasteiger partial charge in [0.2, 0.25) is 0 Å². The number of benzene rings is 1. The summed E-state index contributed by atoms with van der Waals surface area (Å²) in [7, 11) is 0. The van der Waals surface area contributed by atoms with E-state index in [1.807, 2.05) is 6.92 Å². The summed E-state index contributed by atoms with van der Waals surface area (Å²) in [6, 6.07) is 8.81. The third kappa shape index (κ3) is 3.71. The summed E-state index contributed by atoms with van der Waals surface area (Å²) >= 11 is 6.29. The van der Waals surface area contributed by atoms with Crippen LogP contribution in [0.2, 0.25) is 5.02 Å². The van der Waals surface area contributed by atoms with Gasteiger partial charge in [-0.05, 0) is 31.2 Å². The molecule has 9 nitrogen and oxygen atoms in total. The fraction of sp³-hybridized carbons (Fsp3) is 0.269. The molecule has 0 aliphatic carbocycles. The summed E-state index contributed by atoms with van der Waals surface area (Å²) < 4.78 is 32.7. The first-order chi connectivity index (χ1) is 18.2. The number of hydrogen-bond donors (Lipinski definition) is 1. The molecule has 1 fully saturated rings. The minimum atomic E-state index is -1.59. The van der Waals surface area contributed by atoms with E-state index in [2.05, 4.69) is 21.0 Å². The maximum absolute atomic E-state index is 15.7. The van der Waals surface area contributed by atoms with Crippen molar-refractivity contribution < 1.29 is 8.78 Å². The van der Waals surface area contributed by atoms with Gasteiger partial charge in [0.1, 0.15) is 46.7 Å². The third-order valence-corrected chi connectivity index (χ3v) is 7.40. The van der Waals surface area contributed by atoms with E-state index in [-0.39, 0.29) is 29.2 Å². The molecule has 5 aromatic rings. The number of aromatic amines is 1. The third-order valence-electron chi connectivity index (χ3n) is 7.09. The number of aromatic nitrogens is 6. The Kier molecular flexibility index (Phi) is 5.47. The van der Waals surface area contributed by atoms with Gasteiger partial charge in [-0.25, -0.2) is 23.3 Å². The second kappa shape index (κ2) is 8.63. The molecule has 12 heteroatoms. The van der Waals surface area contributed by atoms with Crippen molar-refractivity contribution in [3.63, 3.8) is 0 Å². The number of fused-ring (bicyclic) bond motifs is 2. The Morgan fingerprint density at radius 2 is 2.13 bits per heavy atom. The number of alkyl halides is 1. The number of hydrogen-bond acceptors (Lipinski definition) is 6. The molecule has 4 aromatic heterocycles. The highest BCUT2D eigenvalue weighted by Gasteiger charge is 2.46. The van der Waals surface area contributed by atoms with Crippen molar-refractivity contribution >= 4 is 34.0 Å². The molecule has 3 atom stereocenters. The Hall–Kier alpha value is -4.30. The lowest BCUT2D eigenvalue weighted by Gasteiger charge is -2.31. The van der Waals surface area contributed by atoms with Crippen molar-refractivity contribution in [2.45, 2.75) is 37.9 Å². The molecule has 38 heavy (non-hydrogen) atoms. The Labute approximate surface area is 219 Å². The van der Waals surface area contributed by atoms with Gasteiger partial charge >= 0.3 is 0 Å². The van der Waals surface area contributed by atoms with Crippen molar-refractivity contribution in [2.75, 3.05) is 11.4 Å². The van der Waals surface area contributed by atoms with Gasteiger partial charge < -0.3 is 9.88 Å². The zero-order valence-corrected chi connectivity index (χ0v) is 21.1. The molecule has 1 N–H and O–H groups in total. The molecule has 0 amide bonds. The zero-order valence-electron chi connectivity index (χ0n) is 20.4. The molecule has 1 aliphatic heterocycles. The van der Waals surface area contributed by atoms with Crippen molar-refractivity contribution in [2.24, 2.45) is 0 Å². The standard InChI is InChI=1S/C26H21ClF2N8O/c1-14(19-9-26(2,29)12-35(19)24-20-15(10-30)11-31-22(20)32-13-33-24)23-34-36-7-6-18(27)21(36)25(38)37(23)17-5-3-4-16(28)8-17/h3-8,11,13-14,19H,9,12H2,1-2H3,(H,31,32,33). The molecular weight excluding hydrogens is 514 g/mol. The number of rotatable bonds is 4. The second-order valence-corrected chi connectivity index (χ2v) is 10.2. The van der Waals surface area contributed by atoms with Gasteiger partial charge in [-0.2, -0.15) is 10.4 Å². The lowest BCUT2D eigenvalue weighted by atomic mass is 9.94. The minimum absolute atomic E-state index is 0.00591. The molecule has 1 aromatic carbocycles. The van der Waals surface area contributed by atoms with Gasteiger partial charge in [0, 0.05) is 30.8 Å². The molecule has 192 valence electrons. The van der Waals surface area contributed by atoms with Crippen LogP contribution in [0.15, 0.2) is 53.8 Å². The van der Waals surface area contributed by atoms with Crippen LogP contribution in [-0.2, 0) is 0 Å². The van der Waals surface area contributed by atoms with Gasteiger partial charge in [0.25, 0.3) is 5.56 Å². The van der Waals surface area contributed by atoms with Gasteiger partial charge in [-0.1, -0.05) is 24.6 Å². The first-order valence-corrected chi connectivity index (χ1v) is 12.3. The van der Waals surface area contributed by atoms with E-state index in [4.69, 9.17) is 16.7 Å². The average Bonchev–Trinajstić information content (AvgIpc) is 3.57. The molecule has 5 heterocycles. The predicted molar refractivity (Wildman–Crippen MR) is 138 cm³/mol. The van der Waals surface area contributed by atoms with Crippen LogP contribution in [0.4, 0.5) is 14.6 Å². The lowest BCUT2D eigenvalue weighted by molar-refractivity contribution is 0.212. The fourth-order valence-corrected chi connectivity index (χ4v) is 5.62. The summed E-state index contributed by atoms with van der Waals surface area (Å²) in [6.45, 7) is 3.36. The Morgan fingerprint density at radius 3 is 2.89 bits per heavy atom. The molecule has 0 bridgehead atoms. The van der Waals surface area contributed by atoms with Crippen LogP contribution >= 0.6 is 11.6 Å². The van der Waals surface area contributed by atoms with Crippen LogP contribution in [0.1, 0.15) is 37.6 Å². The van der Waals surface area contributed by atoms with Crippen LogP contribution in [0.3, 0.4) is 0 Å². The molecule has 3 unspecified atom stereocenters. The summed E-state index contributed by atoms with van der Waals surface area (Å²) in [5.74, 6) is -0.347. The smallest absolute Gasteiger partial charge is 0.284 e. The van der Waals surface area contributed by atoms with Gasteiger partial charge in [-0.3, -0.25) is 9.36 Å². The van der Waals surface area contributed by atoms with E-state index in [9.17, 15) is 14.4 Å². The largest absolute Gasteiger partial charge is 0.349 e. The van der Waals surface area contributed by atoms with Crippen molar-refractivity contribution in [1.29, 1.82) is 5.26 Å². The van der Waals surface area contributed by atoms with E-state index in [0.29, 0.717) is 28.2 Å². The summed E-state index contributed by atoms with van der Waals surface area (Å²) in [6.07, 6.45) is 4.58. The quantitative estimate of drug-likeness (QED) is 0.363. The molecule has 0 spiro atoms. The Morgan fingerprint density at radius 1 is 1.32 bits per heavy atom. The van der Waals surface area contributed by atoms with Gasteiger partial charge in [0.15, 0.2) is 0 Å². The van der Waals surface area contributed by atoms with Crippen LogP contribution in [0, 0.1) is 17.1 Å². The van der Waals surface area contributed by atoms with Crippen molar-refractivity contribution in [1.82, 2.24) is 29.1 Å². The summed E-state index contributed by atoms with van der Waals surface area (Å²) in [5, 5.41) is 15.1. The first kappa shape index (κ1) is 24.1. The number of nitrogens with one attached hydrogen (secondary N) is 1. The van der Waals surface area contributed by atoms with E-state index in [1.165, 1.54) is 40.5 Å². The van der Waals surface area contributed by atoms with Crippen LogP contribution in [0.25, 0.3) is 22.2 Å². The topological polar surface area (TPSA) is 108 Å². The average molecular weight is 535 g/mol. The van der Waals surface area contributed by atoms with E-state index >= 15 is 4.39 Å². The maximum atomic E-state index is 15.7.